The highest BCUT2D eigenvalue weighted by atomic mass is 16.5. The molecule has 3 nitrogen and oxygen atoms in total. The largest absolute Gasteiger partial charge is 0.469 e. The van der Waals surface area contributed by atoms with Gasteiger partial charge in [-0.1, -0.05) is 30.3 Å². The maximum absolute atomic E-state index is 11.7. The number of benzene rings is 1. The van der Waals surface area contributed by atoms with E-state index in [2.05, 4.69) is 17.4 Å². The van der Waals surface area contributed by atoms with Crippen LogP contribution in [0, 0.1) is 5.92 Å². The SMILES string of the molecule is COC(=O)[C@H]1CCCN[C@H]1c1ccccc1. The van der Waals surface area contributed by atoms with Gasteiger partial charge in [0.1, 0.15) is 0 Å². The molecule has 0 radical (unpaired) electrons. The summed E-state index contributed by atoms with van der Waals surface area (Å²) in [5.41, 5.74) is 1.16. The second-order valence-electron chi connectivity index (χ2n) is 4.11. The Morgan fingerprint density at radius 1 is 1.38 bits per heavy atom. The van der Waals surface area contributed by atoms with Crippen LogP contribution in [0.5, 0.6) is 0 Å². The lowest BCUT2D eigenvalue weighted by atomic mass is 9.86. The molecule has 0 unspecified atom stereocenters. The first-order valence-corrected chi connectivity index (χ1v) is 5.69. The third-order valence-corrected chi connectivity index (χ3v) is 3.12. The average molecular weight is 219 g/mol. The Kier molecular flexibility index (Phi) is 3.57. The van der Waals surface area contributed by atoms with Crippen molar-refractivity contribution in [3.8, 4) is 0 Å². The molecule has 0 aromatic heterocycles. The first-order valence-electron chi connectivity index (χ1n) is 5.69. The minimum Gasteiger partial charge on any atom is -0.469 e. The minimum absolute atomic E-state index is 0.0545. The second-order valence-corrected chi connectivity index (χ2v) is 4.11. The van der Waals surface area contributed by atoms with Crippen LogP contribution in [0.3, 0.4) is 0 Å². The van der Waals surface area contributed by atoms with Crippen LogP contribution in [-0.4, -0.2) is 19.6 Å². The molecule has 0 amide bonds. The molecule has 0 aliphatic carbocycles. The van der Waals surface area contributed by atoms with Crippen LogP contribution >= 0.6 is 0 Å². The molecular weight excluding hydrogens is 202 g/mol. The molecule has 1 aliphatic rings. The Hall–Kier alpha value is -1.35. The van der Waals surface area contributed by atoms with Crippen molar-refractivity contribution in [2.75, 3.05) is 13.7 Å². The molecular formula is C13H17NO2. The van der Waals surface area contributed by atoms with E-state index < -0.39 is 0 Å². The zero-order chi connectivity index (χ0) is 11.4. The molecule has 1 N–H and O–H groups in total. The molecule has 16 heavy (non-hydrogen) atoms. The fourth-order valence-corrected chi connectivity index (χ4v) is 2.30. The highest BCUT2D eigenvalue weighted by Gasteiger charge is 2.32. The van der Waals surface area contributed by atoms with Gasteiger partial charge in [-0.05, 0) is 24.9 Å². The maximum atomic E-state index is 11.7. The van der Waals surface area contributed by atoms with Gasteiger partial charge in [0.2, 0.25) is 0 Å². The van der Waals surface area contributed by atoms with Crippen LogP contribution in [-0.2, 0) is 9.53 Å². The Labute approximate surface area is 95.8 Å². The van der Waals surface area contributed by atoms with E-state index >= 15 is 0 Å². The Morgan fingerprint density at radius 2 is 2.12 bits per heavy atom. The summed E-state index contributed by atoms with van der Waals surface area (Å²) in [6, 6.07) is 10.2. The lowest BCUT2D eigenvalue weighted by molar-refractivity contribution is -0.147. The van der Waals surface area contributed by atoms with E-state index in [4.69, 9.17) is 4.74 Å². The summed E-state index contributed by atoms with van der Waals surface area (Å²) >= 11 is 0. The van der Waals surface area contributed by atoms with Crippen molar-refractivity contribution in [3.05, 3.63) is 35.9 Å². The smallest absolute Gasteiger partial charge is 0.310 e. The summed E-state index contributed by atoms with van der Waals surface area (Å²) < 4.78 is 4.86. The van der Waals surface area contributed by atoms with Crippen molar-refractivity contribution < 1.29 is 9.53 Å². The molecule has 0 bridgehead atoms. The van der Waals surface area contributed by atoms with Gasteiger partial charge in [0.15, 0.2) is 0 Å². The average Bonchev–Trinajstić information content (AvgIpc) is 2.39. The van der Waals surface area contributed by atoms with Crippen LogP contribution in [0.25, 0.3) is 0 Å². The number of esters is 1. The predicted octanol–water partition coefficient (Wildman–Crippen LogP) is 1.90. The zero-order valence-electron chi connectivity index (χ0n) is 9.48. The minimum atomic E-state index is -0.110. The van der Waals surface area contributed by atoms with E-state index in [1.54, 1.807) is 0 Å². The molecule has 3 heteroatoms. The van der Waals surface area contributed by atoms with Gasteiger partial charge in [-0.25, -0.2) is 0 Å². The molecule has 1 aromatic rings. The standard InChI is InChI=1S/C13H17NO2/c1-16-13(15)11-8-5-9-14-12(11)10-6-3-2-4-7-10/h2-4,6-7,11-12,14H,5,8-9H2,1H3/t11-,12-/m0/s1. The van der Waals surface area contributed by atoms with Crippen LogP contribution in [0.1, 0.15) is 24.4 Å². The first kappa shape index (κ1) is 11.1. The number of nitrogens with one attached hydrogen (secondary N) is 1. The molecule has 0 saturated carbocycles. The highest BCUT2D eigenvalue weighted by Crippen LogP contribution is 2.29. The van der Waals surface area contributed by atoms with Gasteiger partial charge < -0.3 is 10.1 Å². The summed E-state index contributed by atoms with van der Waals surface area (Å²) in [7, 11) is 1.46. The van der Waals surface area contributed by atoms with Crippen molar-refractivity contribution in [1.29, 1.82) is 0 Å². The summed E-state index contributed by atoms with van der Waals surface area (Å²) in [6.45, 7) is 0.965. The van der Waals surface area contributed by atoms with E-state index in [1.165, 1.54) is 7.11 Å². The van der Waals surface area contributed by atoms with Gasteiger partial charge in [-0.3, -0.25) is 4.79 Å². The van der Waals surface area contributed by atoms with E-state index in [0.717, 1.165) is 24.9 Å². The number of ether oxygens (including phenoxy) is 1. The van der Waals surface area contributed by atoms with E-state index in [-0.39, 0.29) is 17.9 Å². The van der Waals surface area contributed by atoms with Crippen LogP contribution in [0.2, 0.25) is 0 Å². The van der Waals surface area contributed by atoms with Crippen molar-refractivity contribution in [2.24, 2.45) is 5.92 Å². The van der Waals surface area contributed by atoms with Crippen LogP contribution in [0.4, 0.5) is 0 Å². The van der Waals surface area contributed by atoms with Gasteiger partial charge in [0, 0.05) is 6.04 Å². The Balaban J connectivity index is 2.20. The fourth-order valence-electron chi connectivity index (χ4n) is 2.30. The zero-order valence-corrected chi connectivity index (χ0v) is 9.48. The van der Waals surface area contributed by atoms with Gasteiger partial charge in [0.25, 0.3) is 0 Å². The third kappa shape index (κ3) is 2.25. The normalized spacial score (nSPS) is 25.1. The molecule has 2 rings (SSSR count). The number of rotatable bonds is 2. The van der Waals surface area contributed by atoms with E-state index in [0.29, 0.717) is 0 Å². The number of methoxy groups -OCH3 is 1. The molecule has 1 aliphatic heterocycles. The van der Waals surface area contributed by atoms with Crippen molar-refractivity contribution in [1.82, 2.24) is 5.32 Å². The molecule has 1 saturated heterocycles. The Morgan fingerprint density at radius 3 is 2.81 bits per heavy atom. The topological polar surface area (TPSA) is 38.3 Å². The fraction of sp³-hybridized carbons (Fsp3) is 0.462. The molecule has 2 atom stereocenters. The highest BCUT2D eigenvalue weighted by molar-refractivity contribution is 5.73. The van der Waals surface area contributed by atoms with Gasteiger partial charge in [0.05, 0.1) is 13.0 Å². The molecule has 86 valence electrons. The van der Waals surface area contributed by atoms with Gasteiger partial charge in [-0.2, -0.15) is 0 Å². The molecule has 1 heterocycles. The first-order chi connectivity index (χ1) is 7.83. The quantitative estimate of drug-likeness (QED) is 0.772. The third-order valence-electron chi connectivity index (χ3n) is 3.12. The molecule has 1 fully saturated rings. The number of carbonyl (C=O) groups excluding carboxylic acids is 1. The van der Waals surface area contributed by atoms with Crippen molar-refractivity contribution >= 4 is 5.97 Å². The number of hydrogen-bond donors (Lipinski definition) is 1. The van der Waals surface area contributed by atoms with Crippen LogP contribution < -0.4 is 5.32 Å². The van der Waals surface area contributed by atoms with Gasteiger partial charge >= 0.3 is 5.97 Å². The summed E-state index contributed by atoms with van der Waals surface area (Å²) in [6.07, 6.45) is 1.93. The summed E-state index contributed by atoms with van der Waals surface area (Å²) in [4.78, 5) is 11.7. The molecule has 1 aromatic carbocycles. The van der Waals surface area contributed by atoms with E-state index in [9.17, 15) is 4.79 Å². The van der Waals surface area contributed by atoms with Crippen molar-refractivity contribution in [3.63, 3.8) is 0 Å². The number of hydrogen-bond acceptors (Lipinski definition) is 3. The van der Waals surface area contributed by atoms with Crippen molar-refractivity contribution in [2.45, 2.75) is 18.9 Å². The lowest BCUT2D eigenvalue weighted by Crippen LogP contribution is -2.38. The number of carbonyl (C=O) groups is 1. The lowest BCUT2D eigenvalue weighted by Gasteiger charge is -2.31. The number of piperidine rings is 1. The van der Waals surface area contributed by atoms with Crippen LogP contribution in [0.15, 0.2) is 30.3 Å². The predicted molar refractivity (Wildman–Crippen MR) is 61.9 cm³/mol. The summed E-state index contributed by atoms with van der Waals surface area (Å²) in [5.74, 6) is -0.165. The van der Waals surface area contributed by atoms with Gasteiger partial charge in [-0.15, -0.1) is 0 Å². The maximum Gasteiger partial charge on any atom is 0.310 e. The Bertz CT molecular complexity index is 350. The monoisotopic (exact) mass is 219 g/mol. The van der Waals surface area contributed by atoms with E-state index in [1.807, 2.05) is 18.2 Å². The molecule has 0 spiro atoms. The summed E-state index contributed by atoms with van der Waals surface area (Å²) in [5, 5.41) is 3.40. The second kappa shape index (κ2) is 5.12.